The van der Waals surface area contributed by atoms with Crippen molar-refractivity contribution in [1.82, 2.24) is 5.32 Å². The summed E-state index contributed by atoms with van der Waals surface area (Å²) in [5, 5.41) is 6.08. The number of nitrogens with one attached hydrogen (secondary N) is 1. The van der Waals surface area contributed by atoms with Crippen molar-refractivity contribution in [2.75, 3.05) is 19.7 Å². The third-order valence-electron chi connectivity index (χ3n) is 3.88. The van der Waals surface area contributed by atoms with E-state index in [-0.39, 0.29) is 6.10 Å². The third-order valence-corrected chi connectivity index (χ3v) is 3.88. The minimum atomic E-state index is 0.183. The minimum absolute atomic E-state index is 0.183. The predicted octanol–water partition coefficient (Wildman–Crippen LogP) is 3.12. The first-order valence-corrected chi connectivity index (χ1v) is 6.58. The minimum Gasteiger partial charge on any atom is -0.371 e. The van der Waals surface area contributed by atoms with Gasteiger partial charge in [-0.1, -0.05) is 30.3 Å². The molecule has 3 rings (SSSR count). The maximum atomic E-state index is 5.90. The molecule has 1 aliphatic heterocycles. The van der Waals surface area contributed by atoms with Crippen LogP contribution in [0.1, 0.15) is 22.8 Å². The molecule has 0 amide bonds. The van der Waals surface area contributed by atoms with Gasteiger partial charge in [-0.2, -0.15) is 0 Å². The van der Waals surface area contributed by atoms with E-state index in [1.807, 2.05) is 0 Å². The van der Waals surface area contributed by atoms with Crippen molar-refractivity contribution in [2.24, 2.45) is 0 Å². The Labute approximate surface area is 108 Å². The predicted molar refractivity (Wildman–Crippen MR) is 75.0 cm³/mol. The van der Waals surface area contributed by atoms with Crippen LogP contribution in [0.15, 0.2) is 30.3 Å². The summed E-state index contributed by atoms with van der Waals surface area (Å²) in [5.41, 5.74) is 4.04. The Morgan fingerprint density at radius 3 is 2.67 bits per heavy atom. The molecule has 2 aromatic carbocycles. The van der Waals surface area contributed by atoms with E-state index in [4.69, 9.17) is 4.74 Å². The van der Waals surface area contributed by atoms with E-state index >= 15 is 0 Å². The topological polar surface area (TPSA) is 21.3 Å². The second-order valence-corrected chi connectivity index (χ2v) is 5.02. The van der Waals surface area contributed by atoms with E-state index in [2.05, 4.69) is 49.5 Å². The molecule has 2 aromatic rings. The molecule has 0 saturated carbocycles. The fourth-order valence-electron chi connectivity index (χ4n) is 2.73. The summed E-state index contributed by atoms with van der Waals surface area (Å²) >= 11 is 0. The van der Waals surface area contributed by atoms with E-state index in [1.165, 1.54) is 27.5 Å². The summed E-state index contributed by atoms with van der Waals surface area (Å²) in [6, 6.07) is 10.9. The van der Waals surface area contributed by atoms with Gasteiger partial charge in [-0.25, -0.2) is 0 Å². The monoisotopic (exact) mass is 241 g/mol. The molecular formula is C16H19NO. The molecule has 0 bridgehead atoms. The number of benzene rings is 2. The van der Waals surface area contributed by atoms with Gasteiger partial charge in [0, 0.05) is 13.1 Å². The highest BCUT2D eigenvalue weighted by Gasteiger charge is 2.19. The molecule has 0 spiro atoms. The standard InChI is InChI=1S/C16H19NO/c1-11-9-15(16-10-17-7-8-18-16)14-6-4-3-5-13(14)12(11)2/h3-6,9,16-17H,7-8,10H2,1-2H3. The van der Waals surface area contributed by atoms with Crippen molar-refractivity contribution in [3.63, 3.8) is 0 Å². The van der Waals surface area contributed by atoms with Crippen LogP contribution >= 0.6 is 0 Å². The first-order valence-electron chi connectivity index (χ1n) is 6.58. The van der Waals surface area contributed by atoms with Crippen LogP contribution in [0.5, 0.6) is 0 Å². The van der Waals surface area contributed by atoms with Gasteiger partial charge in [0.15, 0.2) is 0 Å². The van der Waals surface area contributed by atoms with Gasteiger partial charge >= 0.3 is 0 Å². The van der Waals surface area contributed by atoms with Crippen molar-refractivity contribution < 1.29 is 4.74 Å². The Balaban J connectivity index is 2.18. The molecule has 2 nitrogen and oxygen atoms in total. The van der Waals surface area contributed by atoms with E-state index < -0.39 is 0 Å². The second-order valence-electron chi connectivity index (χ2n) is 5.02. The number of morpholine rings is 1. The fourth-order valence-corrected chi connectivity index (χ4v) is 2.73. The van der Waals surface area contributed by atoms with Crippen molar-refractivity contribution >= 4 is 10.8 Å². The largest absolute Gasteiger partial charge is 0.371 e. The maximum absolute atomic E-state index is 5.90. The lowest BCUT2D eigenvalue weighted by molar-refractivity contribution is 0.0286. The van der Waals surface area contributed by atoms with Gasteiger partial charge in [-0.05, 0) is 41.3 Å². The molecule has 1 N–H and O–H groups in total. The molecule has 1 fully saturated rings. The Kier molecular flexibility index (Phi) is 3.06. The Hall–Kier alpha value is -1.38. The lowest BCUT2D eigenvalue weighted by Gasteiger charge is -2.26. The van der Waals surface area contributed by atoms with Crippen LogP contribution in [0.3, 0.4) is 0 Å². The lowest BCUT2D eigenvalue weighted by atomic mass is 9.93. The van der Waals surface area contributed by atoms with Crippen LogP contribution in [-0.4, -0.2) is 19.7 Å². The molecule has 94 valence electrons. The highest BCUT2D eigenvalue weighted by atomic mass is 16.5. The highest BCUT2D eigenvalue weighted by Crippen LogP contribution is 2.31. The Bertz CT molecular complexity index is 571. The van der Waals surface area contributed by atoms with Gasteiger partial charge in [0.1, 0.15) is 0 Å². The van der Waals surface area contributed by atoms with Crippen LogP contribution in [0, 0.1) is 13.8 Å². The summed E-state index contributed by atoms with van der Waals surface area (Å²) < 4.78 is 5.90. The van der Waals surface area contributed by atoms with Gasteiger partial charge in [0.05, 0.1) is 12.7 Å². The summed E-state index contributed by atoms with van der Waals surface area (Å²) in [4.78, 5) is 0. The molecule has 1 saturated heterocycles. The van der Waals surface area contributed by atoms with E-state index in [0.29, 0.717) is 0 Å². The van der Waals surface area contributed by atoms with Gasteiger partial charge in [0.25, 0.3) is 0 Å². The zero-order chi connectivity index (χ0) is 12.5. The first kappa shape index (κ1) is 11.7. The fraction of sp³-hybridized carbons (Fsp3) is 0.375. The number of rotatable bonds is 1. The first-order chi connectivity index (χ1) is 8.77. The zero-order valence-corrected chi connectivity index (χ0v) is 11.0. The normalized spacial score (nSPS) is 20.2. The molecule has 0 aliphatic carbocycles. The number of ether oxygens (including phenoxy) is 1. The van der Waals surface area contributed by atoms with Gasteiger partial charge in [-0.3, -0.25) is 0 Å². The molecule has 18 heavy (non-hydrogen) atoms. The molecule has 0 aromatic heterocycles. The van der Waals surface area contributed by atoms with Crippen molar-refractivity contribution in [3.05, 3.63) is 47.0 Å². The average Bonchev–Trinajstić information content (AvgIpc) is 2.44. The van der Waals surface area contributed by atoms with Gasteiger partial charge < -0.3 is 10.1 Å². The number of aryl methyl sites for hydroxylation is 2. The average molecular weight is 241 g/mol. The zero-order valence-electron chi connectivity index (χ0n) is 11.0. The number of fused-ring (bicyclic) bond motifs is 1. The SMILES string of the molecule is Cc1cc(C2CNCCO2)c2ccccc2c1C. The molecule has 1 unspecified atom stereocenters. The third kappa shape index (κ3) is 1.92. The Morgan fingerprint density at radius 1 is 1.17 bits per heavy atom. The maximum Gasteiger partial charge on any atom is 0.0955 e. The van der Waals surface area contributed by atoms with Crippen molar-refractivity contribution in [1.29, 1.82) is 0 Å². The van der Waals surface area contributed by atoms with Crippen molar-refractivity contribution in [3.8, 4) is 0 Å². The van der Waals surface area contributed by atoms with Crippen LogP contribution in [0.4, 0.5) is 0 Å². The summed E-state index contributed by atoms with van der Waals surface area (Å²) in [6.07, 6.45) is 0.183. The molecule has 0 radical (unpaired) electrons. The summed E-state index contributed by atoms with van der Waals surface area (Å²) in [7, 11) is 0. The quantitative estimate of drug-likeness (QED) is 0.828. The summed E-state index contributed by atoms with van der Waals surface area (Å²) in [5.74, 6) is 0. The molecule has 2 heteroatoms. The smallest absolute Gasteiger partial charge is 0.0955 e. The lowest BCUT2D eigenvalue weighted by Crippen LogP contribution is -2.33. The highest BCUT2D eigenvalue weighted by molar-refractivity contribution is 5.89. The number of hydrogen-bond acceptors (Lipinski definition) is 2. The second kappa shape index (κ2) is 4.71. The molecular weight excluding hydrogens is 222 g/mol. The van der Waals surface area contributed by atoms with Crippen molar-refractivity contribution in [2.45, 2.75) is 20.0 Å². The molecule has 1 heterocycles. The van der Waals surface area contributed by atoms with E-state index in [1.54, 1.807) is 0 Å². The van der Waals surface area contributed by atoms with Gasteiger partial charge in [-0.15, -0.1) is 0 Å². The molecule has 1 atom stereocenters. The Morgan fingerprint density at radius 2 is 1.94 bits per heavy atom. The number of hydrogen-bond donors (Lipinski definition) is 1. The van der Waals surface area contributed by atoms with Gasteiger partial charge in [0.2, 0.25) is 0 Å². The van der Waals surface area contributed by atoms with Crippen LogP contribution in [0.25, 0.3) is 10.8 Å². The van der Waals surface area contributed by atoms with E-state index in [0.717, 1.165) is 19.7 Å². The van der Waals surface area contributed by atoms with Crippen LogP contribution in [0.2, 0.25) is 0 Å². The summed E-state index contributed by atoms with van der Waals surface area (Å²) in [6.45, 7) is 7.04. The van der Waals surface area contributed by atoms with Crippen LogP contribution in [-0.2, 0) is 4.74 Å². The van der Waals surface area contributed by atoms with Crippen LogP contribution < -0.4 is 5.32 Å². The molecule has 1 aliphatic rings. The van der Waals surface area contributed by atoms with E-state index in [9.17, 15) is 0 Å².